The van der Waals surface area contributed by atoms with Crippen molar-refractivity contribution in [3.05, 3.63) is 145 Å². The Morgan fingerprint density at radius 1 is 1.05 bits per heavy atom. The molecule has 65 heavy (non-hydrogen) atoms. The predicted molar refractivity (Wildman–Crippen MR) is 249 cm³/mol. The fourth-order valence-corrected chi connectivity index (χ4v) is 12.1. The van der Waals surface area contributed by atoms with Gasteiger partial charge < -0.3 is 18.8 Å². The first-order valence-electron chi connectivity index (χ1n) is 22.6. The normalized spacial score (nSPS) is 20.7. The number of carbonyl (C=O) groups is 1. The quantitative estimate of drug-likeness (QED) is 0.0943. The fourth-order valence-electron chi connectivity index (χ4n) is 10.3. The zero-order valence-electron chi connectivity index (χ0n) is 38.1. The van der Waals surface area contributed by atoms with Crippen LogP contribution in [0.15, 0.2) is 93.0 Å². The standard InChI is InChI=1S/C49H56FN8O6P/c1-9-37(14-12-32(7)65(62,10-2)11-3)55-20-21-56(48(55)61)44-42-33(8)54(19-16-39(42)52-58(44)38-24-29(4)43(50)30(5)25-38)45(59)41-27-36-26-35(34-17-22-63-23-18-34)13-15-40(36)57(41)49(28-31(49)6)46-51-47(60)64-53-46/h9,12-15,20-21,24-27,31,33-34H,1,10-11,16-19,22-23,28H2,2-8H3,(H,51,53,60)/b32-12+,37-14+/t31-,33-,49-/m0/s1. The van der Waals surface area contributed by atoms with E-state index in [1.807, 2.05) is 43.2 Å². The average molecular weight is 903 g/mol. The molecule has 0 radical (unpaired) electrons. The van der Waals surface area contributed by atoms with E-state index < -0.39 is 30.2 Å². The van der Waals surface area contributed by atoms with E-state index in [-0.39, 0.29) is 17.6 Å². The molecule has 6 heterocycles. The molecule has 1 N–H and O–H groups in total. The van der Waals surface area contributed by atoms with E-state index in [0.29, 0.717) is 102 Å². The molecule has 16 heteroatoms. The summed E-state index contributed by atoms with van der Waals surface area (Å²) in [6, 6.07) is 11.2. The number of halogens is 1. The Hall–Kier alpha value is -6.05. The largest absolute Gasteiger partial charge is 0.438 e. The van der Waals surface area contributed by atoms with Gasteiger partial charge in [-0.1, -0.05) is 44.6 Å². The third-order valence-electron chi connectivity index (χ3n) is 14.3. The number of aromatic amines is 1. The molecule has 0 bridgehead atoms. The van der Waals surface area contributed by atoms with Crippen LogP contribution in [0, 0.1) is 25.6 Å². The maximum Gasteiger partial charge on any atom is 0.438 e. The molecule has 9 rings (SSSR count). The first-order chi connectivity index (χ1) is 31.1. The number of hydrogen-bond acceptors (Lipinski definition) is 8. The van der Waals surface area contributed by atoms with Gasteiger partial charge in [-0.3, -0.25) is 23.4 Å². The summed E-state index contributed by atoms with van der Waals surface area (Å²) < 4.78 is 46.0. The number of aromatic nitrogens is 7. The Kier molecular flexibility index (Phi) is 11.4. The van der Waals surface area contributed by atoms with Crippen LogP contribution < -0.4 is 11.4 Å². The molecule has 14 nitrogen and oxygen atoms in total. The lowest BCUT2D eigenvalue weighted by atomic mass is 9.91. The Balaban J connectivity index is 1.18. The SMILES string of the molecule is C=C/C(=C\C=C(/C)P(=O)(CC)CC)n1ccn(-c2c3c(nn2-c2cc(C)c(F)c(C)c2)CCN(C(=O)c2cc4cc(C5CCOCC5)ccc4n2[C@@]2(c4noc(=O)[nH]4)C[C@@H]2C)[C@H]3C)c1=O. The molecule has 6 aromatic rings. The first kappa shape index (κ1) is 44.2. The van der Waals surface area contributed by atoms with Gasteiger partial charge in [-0.25, -0.2) is 18.7 Å². The Morgan fingerprint density at radius 2 is 1.75 bits per heavy atom. The lowest BCUT2D eigenvalue weighted by Crippen LogP contribution is -2.41. The molecule has 1 saturated carbocycles. The highest BCUT2D eigenvalue weighted by atomic mass is 31.2. The van der Waals surface area contributed by atoms with Crippen molar-refractivity contribution in [1.29, 1.82) is 0 Å². The molecule has 2 aliphatic heterocycles. The predicted octanol–water partition coefficient (Wildman–Crippen LogP) is 8.98. The maximum atomic E-state index is 15.5. The zero-order valence-corrected chi connectivity index (χ0v) is 39.0. The van der Waals surface area contributed by atoms with Crippen LogP contribution in [-0.2, 0) is 21.3 Å². The van der Waals surface area contributed by atoms with Crippen LogP contribution in [0.3, 0.4) is 0 Å². The Labute approximate surface area is 376 Å². The topological polar surface area (TPSA) is 155 Å². The van der Waals surface area contributed by atoms with Gasteiger partial charge in [0.05, 0.1) is 17.4 Å². The van der Waals surface area contributed by atoms with E-state index >= 15 is 9.18 Å². The zero-order chi connectivity index (χ0) is 46.1. The summed E-state index contributed by atoms with van der Waals surface area (Å²) in [6.07, 6.45) is 12.3. The second kappa shape index (κ2) is 16.7. The number of carbonyl (C=O) groups excluding carboxylic acids is 1. The highest BCUT2D eigenvalue weighted by Crippen LogP contribution is 2.56. The molecule has 3 atom stereocenters. The van der Waals surface area contributed by atoms with Crippen molar-refractivity contribution in [2.75, 3.05) is 32.1 Å². The molecule has 1 amide bonds. The van der Waals surface area contributed by atoms with Crippen molar-refractivity contribution >= 4 is 29.6 Å². The smallest absolute Gasteiger partial charge is 0.381 e. The molecule has 1 saturated heterocycles. The van der Waals surface area contributed by atoms with E-state index in [4.69, 9.17) is 14.4 Å². The molecule has 340 valence electrons. The molecule has 1 aliphatic carbocycles. The summed E-state index contributed by atoms with van der Waals surface area (Å²) in [7, 11) is -2.54. The molecular formula is C49H56FN8O6P. The number of benzene rings is 2. The van der Waals surface area contributed by atoms with Gasteiger partial charge >= 0.3 is 11.4 Å². The average Bonchev–Trinajstić information content (AvgIpc) is 3.80. The lowest BCUT2D eigenvalue weighted by Gasteiger charge is -2.34. The summed E-state index contributed by atoms with van der Waals surface area (Å²) >= 11 is 0. The van der Waals surface area contributed by atoms with E-state index in [2.05, 4.69) is 41.8 Å². The number of hydrogen-bond donors (Lipinski definition) is 1. The highest BCUT2D eigenvalue weighted by Gasteiger charge is 2.59. The molecule has 0 spiro atoms. The van der Waals surface area contributed by atoms with Crippen LogP contribution in [0.5, 0.6) is 0 Å². The number of allylic oxidation sites excluding steroid dienone is 5. The maximum absolute atomic E-state index is 15.5. The van der Waals surface area contributed by atoms with Gasteiger partial charge in [0.15, 0.2) is 5.82 Å². The van der Waals surface area contributed by atoms with Crippen LogP contribution in [0.2, 0.25) is 0 Å². The van der Waals surface area contributed by atoms with Crippen LogP contribution >= 0.6 is 7.14 Å². The number of rotatable bonds is 12. The minimum absolute atomic E-state index is 0.0195. The van der Waals surface area contributed by atoms with Crippen LogP contribution in [0.4, 0.5) is 4.39 Å². The van der Waals surface area contributed by atoms with E-state index in [9.17, 15) is 14.2 Å². The first-order valence-corrected chi connectivity index (χ1v) is 24.6. The number of imidazole rings is 1. The molecule has 4 aromatic heterocycles. The second-order valence-electron chi connectivity index (χ2n) is 17.9. The van der Waals surface area contributed by atoms with Gasteiger partial charge in [-0.05, 0) is 123 Å². The number of nitrogens with one attached hydrogen (secondary N) is 1. The number of nitrogens with zero attached hydrogens (tertiary/aromatic N) is 7. The molecule has 0 unspecified atom stereocenters. The van der Waals surface area contributed by atoms with Gasteiger partial charge in [0, 0.05) is 73.1 Å². The van der Waals surface area contributed by atoms with E-state index in [1.54, 1.807) is 61.3 Å². The summed E-state index contributed by atoms with van der Waals surface area (Å²) in [4.78, 5) is 47.2. The molecule has 2 fully saturated rings. The van der Waals surface area contributed by atoms with Crippen molar-refractivity contribution in [3.63, 3.8) is 0 Å². The van der Waals surface area contributed by atoms with Crippen LogP contribution in [-0.4, -0.2) is 76.5 Å². The summed E-state index contributed by atoms with van der Waals surface area (Å²) in [6.45, 7) is 18.8. The number of ether oxygens (including phenoxy) is 1. The van der Waals surface area contributed by atoms with E-state index in [1.165, 1.54) is 14.7 Å². The minimum Gasteiger partial charge on any atom is -0.381 e. The monoisotopic (exact) mass is 902 g/mol. The second-order valence-corrected chi connectivity index (χ2v) is 21.7. The van der Waals surface area contributed by atoms with Crippen molar-refractivity contribution < 1.29 is 23.0 Å². The molecule has 3 aliphatic rings. The molecular weight excluding hydrogens is 847 g/mol. The van der Waals surface area contributed by atoms with Crippen LogP contribution in [0.25, 0.3) is 28.1 Å². The highest BCUT2D eigenvalue weighted by molar-refractivity contribution is 7.68. The Bertz CT molecular complexity index is 3090. The Morgan fingerprint density at radius 3 is 2.38 bits per heavy atom. The summed E-state index contributed by atoms with van der Waals surface area (Å²) in [5, 5.41) is 10.9. The number of amides is 1. The third kappa shape index (κ3) is 7.27. The van der Waals surface area contributed by atoms with Crippen molar-refractivity contribution in [3.8, 4) is 11.5 Å². The van der Waals surface area contributed by atoms with E-state index in [0.717, 1.165) is 29.1 Å². The summed E-state index contributed by atoms with van der Waals surface area (Å²) in [5.41, 5.74) is 4.50. The lowest BCUT2D eigenvalue weighted by molar-refractivity contribution is 0.0663. The third-order valence-corrected chi connectivity index (χ3v) is 17.8. The molecule has 2 aromatic carbocycles. The fraction of sp³-hybridized carbons (Fsp3) is 0.408. The van der Waals surface area contributed by atoms with Gasteiger partial charge in [-0.15, -0.1) is 0 Å². The number of fused-ring (bicyclic) bond motifs is 2. The number of H-pyrrole nitrogens is 1. The minimum atomic E-state index is -2.54. The van der Waals surface area contributed by atoms with Gasteiger partial charge in [0.2, 0.25) is 0 Å². The van der Waals surface area contributed by atoms with Crippen LogP contribution in [0.1, 0.15) is 110 Å². The van der Waals surface area contributed by atoms with Gasteiger partial charge in [0.1, 0.15) is 30.0 Å². The van der Waals surface area contributed by atoms with Gasteiger partial charge in [-0.2, -0.15) is 5.10 Å². The number of aryl methyl sites for hydroxylation is 2. The summed E-state index contributed by atoms with van der Waals surface area (Å²) in [5.74, 6) is -0.0844. The van der Waals surface area contributed by atoms with Crippen molar-refractivity contribution in [1.82, 2.24) is 38.5 Å². The van der Waals surface area contributed by atoms with Crippen molar-refractivity contribution in [2.24, 2.45) is 5.92 Å². The van der Waals surface area contributed by atoms with Gasteiger partial charge in [0.25, 0.3) is 5.91 Å². The van der Waals surface area contributed by atoms with Crippen molar-refractivity contribution in [2.45, 2.75) is 91.6 Å².